The Balaban J connectivity index is 1.35. The molecule has 0 aliphatic rings. The average Bonchev–Trinajstić information content (AvgIpc) is 3.29. The van der Waals surface area contributed by atoms with E-state index in [1.807, 2.05) is 18.2 Å². The van der Waals surface area contributed by atoms with E-state index in [1.165, 1.54) is 18.2 Å². The molecule has 0 radical (unpaired) electrons. The number of nitrogens with zero attached hydrogens (tertiary/aromatic N) is 2. The summed E-state index contributed by atoms with van der Waals surface area (Å²) in [4.78, 5) is 12.1. The molecule has 2 amide bonds. The van der Waals surface area contributed by atoms with Crippen LogP contribution in [0.25, 0.3) is 11.5 Å². The van der Waals surface area contributed by atoms with E-state index in [9.17, 15) is 22.4 Å². The summed E-state index contributed by atoms with van der Waals surface area (Å²) in [7, 11) is 0. The third-order valence-electron chi connectivity index (χ3n) is 4.56. The van der Waals surface area contributed by atoms with Crippen molar-refractivity contribution in [1.82, 2.24) is 10.2 Å². The molecule has 2 N–H and O–H groups in total. The minimum absolute atomic E-state index is 0.0431. The third-order valence-corrected chi connectivity index (χ3v) is 4.89. The van der Waals surface area contributed by atoms with Gasteiger partial charge in [-0.1, -0.05) is 29.8 Å². The van der Waals surface area contributed by atoms with Gasteiger partial charge in [-0.3, -0.25) is 0 Å². The van der Waals surface area contributed by atoms with Crippen LogP contribution < -0.4 is 15.4 Å². The van der Waals surface area contributed by atoms with Crippen LogP contribution in [0.1, 0.15) is 11.5 Å². The zero-order chi connectivity index (χ0) is 25.0. The van der Waals surface area contributed by atoms with Gasteiger partial charge < -0.3 is 19.8 Å². The lowest BCUT2D eigenvalue weighted by Crippen LogP contribution is -2.20. The van der Waals surface area contributed by atoms with Crippen LogP contribution in [0.15, 0.2) is 71.1 Å². The number of carbonyl (C=O) groups is 1. The van der Waals surface area contributed by atoms with Gasteiger partial charge in [-0.05, 0) is 42.5 Å². The zero-order valence-electron chi connectivity index (χ0n) is 17.6. The Morgan fingerprint density at radius 3 is 2.34 bits per heavy atom. The SMILES string of the molecule is O=C(Nc1ccc(OCc2nnc(-c3ccccc3)o2)c(F)c1)Nc1ccc(Cl)c(C(F)(F)F)c1. The zero-order valence-corrected chi connectivity index (χ0v) is 18.3. The number of ether oxygens (including phenoxy) is 1. The van der Waals surface area contributed by atoms with Crippen molar-refractivity contribution in [3.05, 3.63) is 89.0 Å². The van der Waals surface area contributed by atoms with Gasteiger partial charge in [0, 0.05) is 23.0 Å². The molecular formula is C23H15ClF4N4O3. The fourth-order valence-electron chi connectivity index (χ4n) is 2.96. The van der Waals surface area contributed by atoms with E-state index in [1.54, 1.807) is 12.1 Å². The lowest BCUT2D eigenvalue weighted by atomic mass is 10.2. The molecule has 0 aliphatic heterocycles. The van der Waals surface area contributed by atoms with Crippen LogP contribution >= 0.6 is 11.6 Å². The quantitative estimate of drug-likeness (QED) is 0.282. The van der Waals surface area contributed by atoms with E-state index in [4.69, 9.17) is 20.8 Å². The second-order valence-corrected chi connectivity index (χ2v) is 7.48. The van der Waals surface area contributed by atoms with Gasteiger partial charge in [-0.2, -0.15) is 13.2 Å². The van der Waals surface area contributed by atoms with Crippen LogP contribution in [0.5, 0.6) is 5.75 Å². The van der Waals surface area contributed by atoms with Crippen molar-refractivity contribution in [2.24, 2.45) is 0 Å². The largest absolute Gasteiger partial charge is 0.481 e. The number of urea groups is 1. The molecule has 1 heterocycles. The maximum absolute atomic E-state index is 14.4. The first-order valence-electron chi connectivity index (χ1n) is 9.94. The fourth-order valence-corrected chi connectivity index (χ4v) is 3.18. The molecule has 4 rings (SSSR count). The molecule has 0 spiro atoms. The van der Waals surface area contributed by atoms with Crippen LogP contribution in [-0.2, 0) is 12.8 Å². The third kappa shape index (κ3) is 6.07. The van der Waals surface area contributed by atoms with E-state index in [-0.39, 0.29) is 29.6 Å². The molecule has 0 saturated carbocycles. The van der Waals surface area contributed by atoms with Crippen LogP contribution in [-0.4, -0.2) is 16.2 Å². The number of benzene rings is 3. The van der Waals surface area contributed by atoms with E-state index < -0.39 is 28.6 Å². The Bertz CT molecular complexity index is 1350. The van der Waals surface area contributed by atoms with Gasteiger partial charge in [-0.25, -0.2) is 9.18 Å². The van der Waals surface area contributed by atoms with Crippen molar-refractivity contribution in [1.29, 1.82) is 0 Å². The van der Waals surface area contributed by atoms with Crippen LogP contribution in [0.4, 0.5) is 33.7 Å². The number of aromatic nitrogens is 2. The summed E-state index contributed by atoms with van der Waals surface area (Å²) in [6.07, 6.45) is -4.69. The molecule has 7 nitrogen and oxygen atoms in total. The Kier molecular flexibility index (Phi) is 6.87. The molecule has 0 unspecified atom stereocenters. The number of anilines is 2. The summed E-state index contributed by atoms with van der Waals surface area (Å²) in [5, 5.41) is 11.8. The standard InChI is InChI=1S/C23H15ClF4N4O3/c24-17-8-6-14(10-16(17)23(26,27)28)29-22(33)30-15-7-9-19(18(25)11-15)34-12-20-31-32-21(35-20)13-4-2-1-3-5-13/h1-11H,12H2,(H2,29,30,33). The minimum Gasteiger partial charge on any atom is -0.481 e. The predicted octanol–water partition coefficient (Wildman–Crippen LogP) is 6.77. The maximum atomic E-state index is 14.4. The van der Waals surface area contributed by atoms with Crippen LogP contribution in [0.2, 0.25) is 5.02 Å². The van der Waals surface area contributed by atoms with Crippen molar-refractivity contribution < 1.29 is 31.5 Å². The first-order chi connectivity index (χ1) is 16.7. The van der Waals surface area contributed by atoms with Gasteiger partial charge in [0.05, 0.1) is 10.6 Å². The van der Waals surface area contributed by atoms with E-state index >= 15 is 0 Å². The Morgan fingerprint density at radius 1 is 0.971 bits per heavy atom. The molecule has 0 aliphatic carbocycles. The molecule has 0 saturated heterocycles. The highest BCUT2D eigenvalue weighted by atomic mass is 35.5. The highest BCUT2D eigenvalue weighted by molar-refractivity contribution is 6.31. The number of rotatable bonds is 6. The van der Waals surface area contributed by atoms with E-state index in [2.05, 4.69) is 20.8 Å². The number of nitrogens with one attached hydrogen (secondary N) is 2. The number of amides is 2. The summed E-state index contributed by atoms with van der Waals surface area (Å²) >= 11 is 5.56. The number of carbonyl (C=O) groups excluding carboxylic acids is 1. The van der Waals surface area contributed by atoms with Crippen molar-refractivity contribution in [2.75, 3.05) is 10.6 Å². The predicted molar refractivity (Wildman–Crippen MR) is 120 cm³/mol. The Morgan fingerprint density at radius 2 is 1.66 bits per heavy atom. The lowest BCUT2D eigenvalue weighted by molar-refractivity contribution is -0.137. The normalized spacial score (nSPS) is 11.2. The van der Waals surface area contributed by atoms with Gasteiger partial charge in [0.2, 0.25) is 5.89 Å². The van der Waals surface area contributed by atoms with E-state index in [0.717, 1.165) is 17.7 Å². The van der Waals surface area contributed by atoms with Crippen molar-refractivity contribution in [2.45, 2.75) is 12.8 Å². The summed E-state index contributed by atoms with van der Waals surface area (Å²) < 4.78 is 64.2. The number of hydrogen-bond acceptors (Lipinski definition) is 5. The topological polar surface area (TPSA) is 89.3 Å². The molecule has 35 heavy (non-hydrogen) atoms. The highest BCUT2D eigenvalue weighted by Crippen LogP contribution is 2.36. The molecule has 0 atom stereocenters. The number of hydrogen-bond donors (Lipinski definition) is 2. The maximum Gasteiger partial charge on any atom is 0.417 e. The Hall–Kier alpha value is -4.12. The van der Waals surface area contributed by atoms with Crippen molar-refractivity contribution >= 4 is 29.0 Å². The molecular weight excluding hydrogens is 492 g/mol. The van der Waals surface area contributed by atoms with Gasteiger partial charge in [0.1, 0.15) is 0 Å². The first-order valence-corrected chi connectivity index (χ1v) is 10.3. The molecule has 4 aromatic rings. The van der Waals surface area contributed by atoms with Gasteiger partial charge in [-0.15, -0.1) is 10.2 Å². The molecule has 180 valence electrons. The lowest BCUT2D eigenvalue weighted by Gasteiger charge is -2.13. The summed E-state index contributed by atoms with van der Waals surface area (Å²) in [6, 6.07) is 14.7. The van der Waals surface area contributed by atoms with Crippen LogP contribution in [0.3, 0.4) is 0 Å². The smallest absolute Gasteiger partial charge is 0.417 e. The minimum atomic E-state index is -4.69. The molecule has 3 aromatic carbocycles. The first kappa shape index (κ1) is 24.0. The van der Waals surface area contributed by atoms with Gasteiger partial charge in [0.15, 0.2) is 18.2 Å². The highest BCUT2D eigenvalue weighted by Gasteiger charge is 2.33. The van der Waals surface area contributed by atoms with Crippen molar-refractivity contribution in [3.63, 3.8) is 0 Å². The van der Waals surface area contributed by atoms with Crippen LogP contribution in [0, 0.1) is 5.82 Å². The van der Waals surface area contributed by atoms with Gasteiger partial charge >= 0.3 is 12.2 Å². The van der Waals surface area contributed by atoms with Crippen molar-refractivity contribution in [3.8, 4) is 17.2 Å². The fraction of sp³-hybridized carbons (Fsp3) is 0.0870. The second-order valence-electron chi connectivity index (χ2n) is 7.07. The summed E-state index contributed by atoms with van der Waals surface area (Å²) in [6.45, 7) is -0.192. The summed E-state index contributed by atoms with van der Waals surface area (Å²) in [5.74, 6) is -0.510. The average molecular weight is 507 g/mol. The summed E-state index contributed by atoms with van der Waals surface area (Å²) in [5.41, 5.74) is -0.475. The Labute approximate surface area is 200 Å². The van der Waals surface area contributed by atoms with E-state index in [0.29, 0.717) is 12.0 Å². The molecule has 12 heteroatoms. The molecule has 1 aromatic heterocycles. The molecule has 0 fully saturated rings. The monoisotopic (exact) mass is 506 g/mol. The van der Waals surface area contributed by atoms with Gasteiger partial charge in [0.25, 0.3) is 5.89 Å². The molecule has 0 bridgehead atoms. The number of alkyl halides is 3. The number of halogens is 5. The second kappa shape index (κ2) is 10.0.